The number of nitrogens with one attached hydrogen (secondary N) is 1. The Morgan fingerprint density at radius 3 is 3.07 bits per heavy atom. The number of hydrogen-bond acceptors (Lipinski definition) is 4. The SMILES string of the molecule is Cc1ncc(CN2CCNC[C@@H]2C)s1.Cl. The van der Waals surface area contributed by atoms with E-state index >= 15 is 0 Å². The minimum Gasteiger partial charge on any atom is -0.314 e. The van der Waals surface area contributed by atoms with Crippen LogP contribution in [0.3, 0.4) is 0 Å². The van der Waals surface area contributed by atoms with E-state index in [9.17, 15) is 0 Å². The summed E-state index contributed by atoms with van der Waals surface area (Å²) < 4.78 is 0. The van der Waals surface area contributed by atoms with Gasteiger partial charge < -0.3 is 5.32 Å². The standard InChI is InChI=1S/C10H17N3S.ClH/c1-8-5-11-3-4-13(8)7-10-6-12-9(2)14-10;/h6,8,11H,3-5,7H2,1-2H3;1H/t8-;/m0./s1. The number of aryl methyl sites for hydroxylation is 1. The van der Waals surface area contributed by atoms with Gasteiger partial charge in [-0.1, -0.05) is 0 Å². The van der Waals surface area contributed by atoms with E-state index in [0.29, 0.717) is 6.04 Å². The topological polar surface area (TPSA) is 28.2 Å². The van der Waals surface area contributed by atoms with Crippen LogP contribution in [0.4, 0.5) is 0 Å². The van der Waals surface area contributed by atoms with Gasteiger partial charge >= 0.3 is 0 Å². The molecule has 0 aliphatic carbocycles. The van der Waals surface area contributed by atoms with E-state index in [1.165, 1.54) is 9.88 Å². The first-order chi connectivity index (χ1) is 6.75. The van der Waals surface area contributed by atoms with E-state index in [4.69, 9.17) is 0 Å². The van der Waals surface area contributed by atoms with Gasteiger partial charge in [-0.3, -0.25) is 4.90 Å². The van der Waals surface area contributed by atoms with Crippen molar-refractivity contribution in [1.82, 2.24) is 15.2 Å². The number of piperazine rings is 1. The van der Waals surface area contributed by atoms with Crippen LogP contribution in [-0.2, 0) is 6.54 Å². The van der Waals surface area contributed by atoms with Crippen LogP contribution in [0.2, 0.25) is 0 Å². The Labute approximate surface area is 101 Å². The summed E-state index contributed by atoms with van der Waals surface area (Å²) >= 11 is 1.81. The maximum atomic E-state index is 4.28. The number of aromatic nitrogens is 1. The molecule has 0 spiro atoms. The molecule has 1 aliphatic heterocycles. The summed E-state index contributed by atoms with van der Waals surface area (Å²) in [6.45, 7) is 8.78. The maximum absolute atomic E-state index is 4.28. The highest BCUT2D eigenvalue weighted by Crippen LogP contribution is 2.16. The van der Waals surface area contributed by atoms with Crippen molar-refractivity contribution in [2.75, 3.05) is 19.6 Å². The first kappa shape index (κ1) is 12.9. The van der Waals surface area contributed by atoms with Gasteiger partial charge in [-0.25, -0.2) is 4.98 Å². The highest BCUT2D eigenvalue weighted by Gasteiger charge is 2.18. The zero-order valence-electron chi connectivity index (χ0n) is 9.19. The minimum absolute atomic E-state index is 0. The molecule has 1 saturated heterocycles. The van der Waals surface area contributed by atoms with Crippen molar-refractivity contribution in [3.05, 3.63) is 16.1 Å². The third-order valence-electron chi connectivity index (χ3n) is 2.67. The Morgan fingerprint density at radius 2 is 2.47 bits per heavy atom. The maximum Gasteiger partial charge on any atom is 0.0897 e. The fraction of sp³-hybridized carbons (Fsp3) is 0.700. The molecule has 0 radical (unpaired) electrons. The first-order valence-electron chi connectivity index (χ1n) is 5.12. The number of thiazole rings is 1. The summed E-state index contributed by atoms with van der Waals surface area (Å²) in [5.41, 5.74) is 0. The average Bonchev–Trinajstić information content (AvgIpc) is 2.56. The van der Waals surface area contributed by atoms with Gasteiger partial charge in [-0.05, 0) is 13.8 Å². The molecule has 86 valence electrons. The fourth-order valence-electron chi connectivity index (χ4n) is 1.80. The fourth-order valence-corrected chi connectivity index (χ4v) is 2.62. The normalized spacial score (nSPS) is 22.4. The van der Waals surface area contributed by atoms with Crippen molar-refractivity contribution >= 4 is 23.7 Å². The zero-order chi connectivity index (χ0) is 9.97. The highest BCUT2D eigenvalue weighted by atomic mass is 35.5. The molecular formula is C10H18ClN3S. The van der Waals surface area contributed by atoms with E-state index in [1.54, 1.807) is 0 Å². The second-order valence-corrected chi connectivity index (χ2v) is 5.19. The van der Waals surface area contributed by atoms with Crippen molar-refractivity contribution in [3.63, 3.8) is 0 Å². The van der Waals surface area contributed by atoms with E-state index < -0.39 is 0 Å². The molecule has 0 unspecified atom stereocenters. The summed E-state index contributed by atoms with van der Waals surface area (Å²) in [7, 11) is 0. The number of hydrogen-bond donors (Lipinski definition) is 1. The molecule has 1 aliphatic rings. The van der Waals surface area contributed by atoms with Gasteiger partial charge in [0, 0.05) is 43.3 Å². The lowest BCUT2D eigenvalue weighted by atomic mass is 10.2. The predicted octanol–water partition coefficient (Wildman–Crippen LogP) is 1.67. The molecule has 15 heavy (non-hydrogen) atoms. The van der Waals surface area contributed by atoms with E-state index in [0.717, 1.165) is 26.2 Å². The average molecular weight is 248 g/mol. The predicted molar refractivity (Wildman–Crippen MR) is 66.8 cm³/mol. The molecule has 1 aromatic heterocycles. The zero-order valence-corrected chi connectivity index (χ0v) is 10.8. The van der Waals surface area contributed by atoms with Gasteiger partial charge in [0.1, 0.15) is 0 Å². The van der Waals surface area contributed by atoms with Crippen LogP contribution in [-0.4, -0.2) is 35.6 Å². The lowest BCUT2D eigenvalue weighted by Gasteiger charge is -2.33. The van der Waals surface area contributed by atoms with Gasteiger partial charge in [0.25, 0.3) is 0 Å². The van der Waals surface area contributed by atoms with E-state index in [1.807, 2.05) is 17.5 Å². The quantitative estimate of drug-likeness (QED) is 0.862. The van der Waals surface area contributed by atoms with Gasteiger partial charge in [0.05, 0.1) is 5.01 Å². The molecule has 1 fully saturated rings. The van der Waals surface area contributed by atoms with Crippen molar-refractivity contribution in [2.24, 2.45) is 0 Å². The molecule has 5 heteroatoms. The van der Waals surface area contributed by atoms with Gasteiger partial charge in [-0.15, -0.1) is 23.7 Å². The summed E-state index contributed by atoms with van der Waals surface area (Å²) in [5.74, 6) is 0. The first-order valence-corrected chi connectivity index (χ1v) is 5.93. The minimum atomic E-state index is 0. The summed E-state index contributed by atoms with van der Waals surface area (Å²) in [6.07, 6.45) is 2.01. The molecule has 3 nitrogen and oxygen atoms in total. The molecule has 0 saturated carbocycles. The Morgan fingerprint density at radius 1 is 1.67 bits per heavy atom. The van der Waals surface area contributed by atoms with Crippen LogP contribution < -0.4 is 5.32 Å². The van der Waals surface area contributed by atoms with Crippen LogP contribution in [0.25, 0.3) is 0 Å². The number of halogens is 1. The molecule has 0 aromatic carbocycles. The summed E-state index contributed by atoms with van der Waals surface area (Å²) in [5, 5.41) is 4.57. The second-order valence-electron chi connectivity index (χ2n) is 3.87. The largest absolute Gasteiger partial charge is 0.314 e. The van der Waals surface area contributed by atoms with Crippen LogP contribution in [0, 0.1) is 6.92 Å². The van der Waals surface area contributed by atoms with Gasteiger partial charge in [0.15, 0.2) is 0 Å². The van der Waals surface area contributed by atoms with Gasteiger partial charge in [0.2, 0.25) is 0 Å². The molecular weight excluding hydrogens is 230 g/mol. The molecule has 0 bridgehead atoms. The highest BCUT2D eigenvalue weighted by molar-refractivity contribution is 7.11. The molecule has 1 atom stereocenters. The van der Waals surface area contributed by atoms with E-state index in [2.05, 4.69) is 29.0 Å². The monoisotopic (exact) mass is 247 g/mol. The molecule has 1 N–H and O–H groups in total. The summed E-state index contributed by atoms with van der Waals surface area (Å²) in [4.78, 5) is 8.19. The number of nitrogens with zero attached hydrogens (tertiary/aromatic N) is 2. The van der Waals surface area contributed by atoms with E-state index in [-0.39, 0.29) is 12.4 Å². The Hall–Kier alpha value is -0.160. The molecule has 2 rings (SSSR count). The lowest BCUT2D eigenvalue weighted by Crippen LogP contribution is -2.49. The Kier molecular flexibility index (Phi) is 4.99. The molecule has 0 amide bonds. The Bertz CT molecular complexity index is 303. The van der Waals surface area contributed by atoms with Crippen LogP contribution in [0.1, 0.15) is 16.8 Å². The van der Waals surface area contributed by atoms with Crippen molar-refractivity contribution in [3.8, 4) is 0 Å². The van der Waals surface area contributed by atoms with Gasteiger partial charge in [-0.2, -0.15) is 0 Å². The second kappa shape index (κ2) is 5.80. The van der Waals surface area contributed by atoms with Crippen molar-refractivity contribution in [1.29, 1.82) is 0 Å². The van der Waals surface area contributed by atoms with Crippen LogP contribution >= 0.6 is 23.7 Å². The molecule has 1 aromatic rings. The molecule has 2 heterocycles. The lowest BCUT2D eigenvalue weighted by molar-refractivity contribution is 0.167. The van der Waals surface area contributed by atoms with Crippen molar-refractivity contribution in [2.45, 2.75) is 26.4 Å². The van der Waals surface area contributed by atoms with Crippen LogP contribution in [0.5, 0.6) is 0 Å². The van der Waals surface area contributed by atoms with Crippen molar-refractivity contribution < 1.29 is 0 Å². The third-order valence-corrected chi connectivity index (χ3v) is 3.56. The third kappa shape index (κ3) is 3.41. The Balaban J connectivity index is 0.00000112. The van der Waals surface area contributed by atoms with Crippen LogP contribution in [0.15, 0.2) is 6.20 Å². The number of rotatable bonds is 2. The smallest absolute Gasteiger partial charge is 0.0897 e. The summed E-state index contributed by atoms with van der Waals surface area (Å²) in [6, 6.07) is 0.645.